The third-order valence-electron chi connectivity index (χ3n) is 3.12. The van der Waals surface area contributed by atoms with Crippen LogP contribution in [0.2, 0.25) is 0 Å². The highest BCUT2D eigenvalue weighted by Gasteiger charge is 2.17. The van der Waals surface area contributed by atoms with Crippen LogP contribution in [-0.4, -0.2) is 43.8 Å². The van der Waals surface area contributed by atoms with Crippen molar-refractivity contribution in [2.24, 2.45) is 0 Å². The van der Waals surface area contributed by atoms with Crippen LogP contribution in [0.4, 0.5) is 11.8 Å². The van der Waals surface area contributed by atoms with Crippen LogP contribution in [0.15, 0.2) is 6.07 Å². The summed E-state index contributed by atoms with van der Waals surface area (Å²) in [6.45, 7) is 4.88. The van der Waals surface area contributed by atoms with Gasteiger partial charge in [-0.3, -0.25) is 0 Å². The number of nitrogens with one attached hydrogen (secondary N) is 1. The van der Waals surface area contributed by atoms with Gasteiger partial charge in [-0.25, -0.2) is 4.98 Å². The molecule has 0 amide bonds. The SMILES string of the molecule is CNc1nc(N(C)C(C)COC)c2cc(C)sc2n1. The number of aryl methyl sites for hydroxylation is 1. The zero-order chi connectivity index (χ0) is 14.0. The number of likely N-dealkylation sites (N-methyl/N-ethyl adjacent to an activating group) is 1. The molecule has 2 aromatic heterocycles. The van der Waals surface area contributed by atoms with Crippen molar-refractivity contribution < 1.29 is 4.74 Å². The van der Waals surface area contributed by atoms with Crippen LogP contribution in [0, 0.1) is 6.92 Å². The maximum atomic E-state index is 5.22. The lowest BCUT2D eigenvalue weighted by Gasteiger charge is -2.26. The summed E-state index contributed by atoms with van der Waals surface area (Å²) < 4.78 is 5.22. The number of ether oxygens (including phenoxy) is 1. The molecule has 2 aromatic rings. The van der Waals surface area contributed by atoms with Gasteiger partial charge in [0.05, 0.1) is 18.0 Å². The predicted molar refractivity (Wildman–Crippen MR) is 81.4 cm³/mol. The van der Waals surface area contributed by atoms with Crippen molar-refractivity contribution >= 4 is 33.3 Å². The molecule has 0 spiro atoms. The van der Waals surface area contributed by atoms with E-state index in [1.807, 2.05) is 14.1 Å². The van der Waals surface area contributed by atoms with Crippen molar-refractivity contribution in [3.63, 3.8) is 0 Å². The second kappa shape index (κ2) is 5.71. The van der Waals surface area contributed by atoms with Gasteiger partial charge in [0.15, 0.2) is 0 Å². The van der Waals surface area contributed by atoms with Crippen molar-refractivity contribution in [3.8, 4) is 0 Å². The Bertz CT molecular complexity index is 569. The van der Waals surface area contributed by atoms with E-state index in [9.17, 15) is 0 Å². The predicted octanol–water partition coefficient (Wildman–Crippen LogP) is 2.51. The van der Waals surface area contributed by atoms with Gasteiger partial charge in [-0.05, 0) is 19.9 Å². The number of rotatable bonds is 5. The Kier molecular flexibility index (Phi) is 4.21. The molecule has 104 valence electrons. The molecule has 2 rings (SSSR count). The average molecular weight is 280 g/mol. The Morgan fingerprint density at radius 1 is 1.47 bits per heavy atom. The first-order chi connectivity index (χ1) is 9.06. The van der Waals surface area contributed by atoms with E-state index in [0.717, 1.165) is 16.0 Å². The molecule has 0 aliphatic heterocycles. The van der Waals surface area contributed by atoms with E-state index in [-0.39, 0.29) is 6.04 Å². The van der Waals surface area contributed by atoms with Crippen molar-refractivity contribution in [1.82, 2.24) is 9.97 Å². The molecule has 0 bridgehead atoms. The van der Waals surface area contributed by atoms with Crippen molar-refractivity contribution in [2.75, 3.05) is 38.0 Å². The molecule has 0 radical (unpaired) electrons. The average Bonchev–Trinajstić information content (AvgIpc) is 2.76. The van der Waals surface area contributed by atoms with Gasteiger partial charge in [0, 0.05) is 26.1 Å². The number of hydrogen-bond acceptors (Lipinski definition) is 6. The Labute approximate surface area is 117 Å². The number of nitrogens with zero attached hydrogens (tertiary/aromatic N) is 3. The van der Waals surface area contributed by atoms with Crippen LogP contribution < -0.4 is 10.2 Å². The molecule has 19 heavy (non-hydrogen) atoms. The first-order valence-corrected chi connectivity index (χ1v) is 7.06. The van der Waals surface area contributed by atoms with Crippen molar-refractivity contribution in [1.29, 1.82) is 0 Å². The van der Waals surface area contributed by atoms with E-state index in [4.69, 9.17) is 4.74 Å². The molecular formula is C13H20N4OS. The van der Waals surface area contributed by atoms with Gasteiger partial charge >= 0.3 is 0 Å². The van der Waals surface area contributed by atoms with E-state index in [2.05, 4.69) is 40.1 Å². The number of fused-ring (bicyclic) bond motifs is 1. The maximum Gasteiger partial charge on any atom is 0.225 e. The fourth-order valence-corrected chi connectivity index (χ4v) is 2.84. The van der Waals surface area contributed by atoms with E-state index in [1.165, 1.54) is 4.88 Å². The lowest BCUT2D eigenvalue weighted by atomic mass is 10.2. The Morgan fingerprint density at radius 2 is 2.21 bits per heavy atom. The van der Waals surface area contributed by atoms with Crippen LogP contribution in [0.5, 0.6) is 0 Å². The zero-order valence-electron chi connectivity index (χ0n) is 12.0. The zero-order valence-corrected chi connectivity index (χ0v) is 12.8. The molecule has 0 fully saturated rings. The highest BCUT2D eigenvalue weighted by Crippen LogP contribution is 2.31. The maximum absolute atomic E-state index is 5.22. The second-order valence-electron chi connectivity index (χ2n) is 4.61. The summed E-state index contributed by atoms with van der Waals surface area (Å²) in [4.78, 5) is 13.5. The molecule has 0 saturated carbocycles. The summed E-state index contributed by atoms with van der Waals surface area (Å²) in [5, 5.41) is 4.12. The van der Waals surface area contributed by atoms with Gasteiger partial charge in [0.25, 0.3) is 0 Å². The monoisotopic (exact) mass is 280 g/mol. The minimum atomic E-state index is 0.257. The molecule has 1 unspecified atom stereocenters. The van der Waals surface area contributed by atoms with E-state index in [0.29, 0.717) is 12.6 Å². The Balaban J connectivity index is 2.50. The molecule has 1 N–H and O–H groups in total. The van der Waals surface area contributed by atoms with Crippen LogP contribution >= 0.6 is 11.3 Å². The summed E-state index contributed by atoms with van der Waals surface area (Å²) in [6, 6.07) is 2.40. The van der Waals surface area contributed by atoms with Gasteiger partial charge < -0.3 is 15.0 Å². The molecule has 2 heterocycles. The topological polar surface area (TPSA) is 50.3 Å². The Hall–Kier alpha value is -1.40. The molecule has 0 saturated heterocycles. The van der Waals surface area contributed by atoms with E-state index in [1.54, 1.807) is 18.4 Å². The smallest absolute Gasteiger partial charge is 0.225 e. The fraction of sp³-hybridized carbons (Fsp3) is 0.538. The van der Waals surface area contributed by atoms with Gasteiger partial charge in [-0.15, -0.1) is 11.3 Å². The van der Waals surface area contributed by atoms with Gasteiger partial charge in [0.1, 0.15) is 10.6 Å². The second-order valence-corrected chi connectivity index (χ2v) is 5.85. The summed E-state index contributed by atoms with van der Waals surface area (Å²) >= 11 is 1.69. The summed E-state index contributed by atoms with van der Waals surface area (Å²) in [6.07, 6.45) is 0. The van der Waals surface area contributed by atoms with Gasteiger partial charge in [0.2, 0.25) is 5.95 Å². The number of methoxy groups -OCH3 is 1. The minimum Gasteiger partial charge on any atom is -0.383 e. The molecule has 6 heteroatoms. The van der Waals surface area contributed by atoms with Crippen molar-refractivity contribution in [3.05, 3.63) is 10.9 Å². The van der Waals surface area contributed by atoms with Crippen LogP contribution in [0.25, 0.3) is 10.2 Å². The highest BCUT2D eigenvalue weighted by molar-refractivity contribution is 7.18. The number of anilines is 2. The highest BCUT2D eigenvalue weighted by atomic mass is 32.1. The summed E-state index contributed by atoms with van der Waals surface area (Å²) in [5.41, 5.74) is 0. The first kappa shape index (κ1) is 14.0. The van der Waals surface area contributed by atoms with Crippen LogP contribution in [-0.2, 0) is 4.74 Å². The van der Waals surface area contributed by atoms with E-state index < -0.39 is 0 Å². The van der Waals surface area contributed by atoms with Crippen LogP contribution in [0.3, 0.4) is 0 Å². The molecule has 0 aliphatic rings. The summed E-state index contributed by atoms with van der Waals surface area (Å²) in [5.74, 6) is 1.60. The molecule has 0 aromatic carbocycles. The fourth-order valence-electron chi connectivity index (χ4n) is 1.97. The van der Waals surface area contributed by atoms with E-state index >= 15 is 0 Å². The minimum absolute atomic E-state index is 0.257. The quantitative estimate of drug-likeness (QED) is 0.912. The first-order valence-electron chi connectivity index (χ1n) is 6.24. The molecule has 1 atom stereocenters. The van der Waals surface area contributed by atoms with Gasteiger partial charge in [-0.2, -0.15) is 4.98 Å². The molecule has 5 nitrogen and oxygen atoms in total. The standard InChI is InChI=1S/C13H20N4OS/c1-8(7-18-5)17(4)11-10-6-9(2)19-12(10)16-13(14-3)15-11/h6,8H,7H2,1-5H3,(H,14,15,16). The Morgan fingerprint density at radius 3 is 2.84 bits per heavy atom. The lowest BCUT2D eigenvalue weighted by Crippen LogP contribution is -2.33. The molecular weight excluding hydrogens is 260 g/mol. The number of hydrogen-bond donors (Lipinski definition) is 1. The molecule has 0 aliphatic carbocycles. The number of thiophene rings is 1. The summed E-state index contributed by atoms with van der Waals surface area (Å²) in [7, 11) is 5.59. The lowest BCUT2D eigenvalue weighted by molar-refractivity contribution is 0.183. The van der Waals surface area contributed by atoms with Crippen molar-refractivity contribution in [2.45, 2.75) is 19.9 Å². The number of aromatic nitrogens is 2. The largest absolute Gasteiger partial charge is 0.383 e. The van der Waals surface area contributed by atoms with Gasteiger partial charge in [-0.1, -0.05) is 0 Å². The van der Waals surface area contributed by atoms with Crippen LogP contribution in [0.1, 0.15) is 11.8 Å². The third kappa shape index (κ3) is 2.79. The third-order valence-corrected chi connectivity index (χ3v) is 4.07. The normalized spacial score (nSPS) is 12.7.